The Bertz CT molecular complexity index is 560. The van der Waals surface area contributed by atoms with Gasteiger partial charge in [-0.1, -0.05) is 30.7 Å². The highest BCUT2D eigenvalue weighted by molar-refractivity contribution is 7.09. The molecule has 0 amide bonds. The minimum absolute atomic E-state index is 0.464. The molecule has 2 aromatic rings. The van der Waals surface area contributed by atoms with Gasteiger partial charge in [0.25, 0.3) is 0 Å². The molecule has 2 rings (SSSR count). The Morgan fingerprint density at radius 1 is 1.20 bits per heavy atom. The van der Waals surface area contributed by atoms with E-state index in [1.807, 2.05) is 0 Å². The van der Waals surface area contributed by atoms with Crippen molar-refractivity contribution < 1.29 is 0 Å². The normalized spacial score (nSPS) is 12.6. The van der Waals surface area contributed by atoms with Gasteiger partial charge < -0.3 is 5.32 Å². The van der Waals surface area contributed by atoms with Gasteiger partial charge in [0.05, 0.1) is 5.01 Å². The van der Waals surface area contributed by atoms with Gasteiger partial charge in [-0.25, -0.2) is 4.98 Å². The third-order valence-corrected chi connectivity index (χ3v) is 4.54. The molecule has 1 unspecified atom stereocenters. The van der Waals surface area contributed by atoms with Crippen molar-refractivity contribution in [2.45, 2.75) is 46.6 Å². The van der Waals surface area contributed by atoms with Crippen molar-refractivity contribution in [3.05, 3.63) is 51.0 Å². The Labute approximate surface area is 126 Å². The molecule has 1 N–H and O–H groups in total. The quantitative estimate of drug-likeness (QED) is 0.874. The summed E-state index contributed by atoms with van der Waals surface area (Å²) in [6.45, 7) is 9.59. The van der Waals surface area contributed by atoms with Crippen molar-refractivity contribution in [1.29, 1.82) is 0 Å². The summed E-state index contributed by atoms with van der Waals surface area (Å²) < 4.78 is 0. The molecule has 3 heteroatoms. The van der Waals surface area contributed by atoms with E-state index >= 15 is 0 Å². The predicted molar refractivity (Wildman–Crippen MR) is 87.6 cm³/mol. The number of aromatic nitrogens is 1. The highest BCUT2D eigenvalue weighted by Gasteiger charge is 2.13. The average molecular weight is 288 g/mol. The van der Waals surface area contributed by atoms with E-state index in [9.17, 15) is 0 Å². The SMILES string of the molecule is CCNC(Cc1nc(C)cs1)Cc1cc(C)ccc1C. The molecule has 0 aliphatic rings. The van der Waals surface area contributed by atoms with Gasteiger partial charge in [-0.2, -0.15) is 0 Å². The fourth-order valence-electron chi connectivity index (χ4n) is 2.50. The van der Waals surface area contributed by atoms with Gasteiger partial charge in [-0.05, 0) is 44.9 Å². The Kier molecular flexibility index (Phi) is 5.32. The summed E-state index contributed by atoms with van der Waals surface area (Å²) in [7, 11) is 0. The zero-order chi connectivity index (χ0) is 14.5. The van der Waals surface area contributed by atoms with Gasteiger partial charge in [-0.15, -0.1) is 11.3 Å². The van der Waals surface area contributed by atoms with E-state index in [4.69, 9.17) is 0 Å². The Morgan fingerprint density at radius 3 is 2.65 bits per heavy atom. The lowest BCUT2D eigenvalue weighted by Crippen LogP contribution is -2.33. The zero-order valence-electron chi connectivity index (χ0n) is 12.9. The topological polar surface area (TPSA) is 24.9 Å². The molecule has 0 bridgehead atoms. The fourth-order valence-corrected chi connectivity index (χ4v) is 3.35. The Morgan fingerprint density at radius 2 is 2.00 bits per heavy atom. The van der Waals surface area contributed by atoms with Gasteiger partial charge in [0, 0.05) is 23.5 Å². The molecule has 1 aromatic carbocycles. The van der Waals surface area contributed by atoms with Crippen molar-refractivity contribution >= 4 is 11.3 Å². The number of hydrogen-bond donors (Lipinski definition) is 1. The third-order valence-electron chi connectivity index (χ3n) is 3.55. The number of aryl methyl sites for hydroxylation is 3. The molecule has 1 heterocycles. The fraction of sp³-hybridized carbons (Fsp3) is 0.471. The first-order valence-corrected chi connectivity index (χ1v) is 8.17. The van der Waals surface area contributed by atoms with Gasteiger partial charge >= 0.3 is 0 Å². The van der Waals surface area contributed by atoms with Crippen LogP contribution in [0, 0.1) is 20.8 Å². The van der Waals surface area contributed by atoms with Crippen LogP contribution in [0.2, 0.25) is 0 Å². The summed E-state index contributed by atoms with van der Waals surface area (Å²) >= 11 is 1.77. The first-order chi connectivity index (χ1) is 9.58. The second-order valence-electron chi connectivity index (χ2n) is 5.48. The molecular formula is C17H24N2S. The summed E-state index contributed by atoms with van der Waals surface area (Å²) in [6.07, 6.45) is 2.08. The van der Waals surface area contributed by atoms with Gasteiger partial charge in [0.2, 0.25) is 0 Å². The maximum atomic E-state index is 4.59. The van der Waals surface area contributed by atoms with Gasteiger partial charge in [-0.3, -0.25) is 0 Å². The van der Waals surface area contributed by atoms with Crippen LogP contribution in [0.1, 0.15) is 34.3 Å². The van der Waals surface area contributed by atoms with Crippen molar-refractivity contribution in [3.63, 3.8) is 0 Å². The lowest BCUT2D eigenvalue weighted by molar-refractivity contribution is 0.519. The molecular weight excluding hydrogens is 264 g/mol. The molecule has 0 saturated carbocycles. The van der Waals surface area contributed by atoms with Crippen LogP contribution in [0.3, 0.4) is 0 Å². The summed E-state index contributed by atoms with van der Waals surface area (Å²) in [5.74, 6) is 0. The Balaban J connectivity index is 2.10. The summed E-state index contributed by atoms with van der Waals surface area (Å²) in [6, 6.07) is 7.19. The van der Waals surface area contributed by atoms with Crippen LogP contribution in [0.25, 0.3) is 0 Å². The van der Waals surface area contributed by atoms with Crippen molar-refractivity contribution in [2.24, 2.45) is 0 Å². The van der Waals surface area contributed by atoms with Crippen LogP contribution >= 0.6 is 11.3 Å². The van der Waals surface area contributed by atoms with Crippen LogP contribution < -0.4 is 5.32 Å². The monoisotopic (exact) mass is 288 g/mol. The lowest BCUT2D eigenvalue weighted by Gasteiger charge is -2.18. The molecule has 2 nitrogen and oxygen atoms in total. The summed E-state index contributed by atoms with van der Waals surface area (Å²) in [5.41, 5.74) is 5.30. The number of likely N-dealkylation sites (N-methyl/N-ethyl adjacent to an activating group) is 1. The maximum Gasteiger partial charge on any atom is 0.0943 e. The highest BCUT2D eigenvalue weighted by Crippen LogP contribution is 2.17. The molecule has 0 aliphatic carbocycles. The van der Waals surface area contributed by atoms with E-state index in [1.165, 1.54) is 21.7 Å². The molecule has 0 radical (unpaired) electrons. The molecule has 1 aromatic heterocycles. The van der Waals surface area contributed by atoms with E-state index in [0.717, 1.165) is 25.1 Å². The minimum atomic E-state index is 0.464. The summed E-state index contributed by atoms with van der Waals surface area (Å²) in [5, 5.41) is 6.97. The van der Waals surface area contributed by atoms with Crippen molar-refractivity contribution in [1.82, 2.24) is 10.3 Å². The van der Waals surface area contributed by atoms with E-state index in [-0.39, 0.29) is 0 Å². The van der Waals surface area contributed by atoms with E-state index in [2.05, 4.69) is 61.6 Å². The highest BCUT2D eigenvalue weighted by atomic mass is 32.1. The number of benzene rings is 1. The molecule has 0 saturated heterocycles. The van der Waals surface area contributed by atoms with Crippen LogP contribution in [0.4, 0.5) is 0 Å². The second-order valence-corrected chi connectivity index (χ2v) is 6.42. The molecule has 0 spiro atoms. The molecule has 20 heavy (non-hydrogen) atoms. The van der Waals surface area contributed by atoms with Crippen LogP contribution in [0.5, 0.6) is 0 Å². The van der Waals surface area contributed by atoms with E-state index in [0.29, 0.717) is 6.04 Å². The summed E-state index contributed by atoms with van der Waals surface area (Å²) in [4.78, 5) is 4.59. The molecule has 0 aliphatic heterocycles. The smallest absolute Gasteiger partial charge is 0.0943 e. The largest absolute Gasteiger partial charge is 0.314 e. The second kappa shape index (κ2) is 7.00. The van der Waals surface area contributed by atoms with Gasteiger partial charge in [0.15, 0.2) is 0 Å². The van der Waals surface area contributed by atoms with Crippen LogP contribution in [0.15, 0.2) is 23.6 Å². The lowest BCUT2D eigenvalue weighted by atomic mass is 9.97. The number of nitrogens with zero attached hydrogens (tertiary/aromatic N) is 1. The third kappa shape index (κ3) is 4.15. The molecule has 108 valence electrons. The van der Waals surface area contributed by atoms with Crippen molar-refractivity contribution in [2.75, 3.05) is 6.54 Å². The van der Waals surface area contributed by atoms with Gasteiger partial charge in [0.1, 0.15) is 0 Å². The average Bonchev–Trinajstić information content (AvgIpc) is 2.79. The first kappa shape index (κ1) is 15.2. The minimum Gasteiger partial charge on any atom is -0.314 e. The van der Waals surface area contributed by atoms with E-state index in [1.54, 1.807) is 11.3 Å². The standard InChI is InChI=1S/C17H24N2S/c1-5-18-16(10-17-19-14(4)11-20-17)9-15-8-12(2)6-7-13(15)3/h6-8,11,16,18H,5,9-10H2,1-4H3. The zero-order valence-corrected chi connectivity index (χ0v) is 13.7. The molecule has 0 fully saturated rings. The van der Waals surface area contributed by atoms with E-state index < -0.39 is 0 Å². The van der Waals surface area contributed by atoms with Crippen LogP contribution in [-0.4, -0.2) is 17.6 Å². The molecule has 1 atom stereocenters. The number of thiazole rings is 1. The Hall–Kier alpha value is -1.19. The van der Waals surface area contributed by atoms with Crippen molar-refractivity contribution in [3.8, 4) is 0 Å². The predicted octanol–water partition coefficient (Wildman–Crippen LogP) is 3.83. The number of hydrogen-bond acceptors (Lipinski definition) is 3. The first-order valence-electron chi connectivity index (χ1n) is 7.29. The maximum absolute atomic E-state index is 4.59. The number of rotatable bonds is 6. The number of nitrogens with one attached hydrogen (secondary N) is 1. The van der Waals surface area contributed by atoms with Crippen LogP contribution in [-0.2, 0) is 12.8 Å².